The summed E-state index contributed by atoms with van der Waals surface area (Å²) in [7, 11) is -3.29. The van der Waals surface area contributed by atoms with E-state index in [1.807, 2.05) is 36.6 Å². The Balaban J connectivity index is 1.76. The van der Waals surface area contributed by atoms with Crippen LogP contribution in [0.25, 0.3) is 0 Å². The summed E-state index contributed by atoms with van der Waals surface area (Å²) in [6, 6.07) is 3.73. The van der Waals surface area contributed by atoms with Crippen LogP contribution in [0.15, 0.2) is 42.9 Å². The van der Waals surface area contributed by atoms with Gasteiger partial charge in [0.15, 0.2) is 0 Å². The molecule has 0 spiro atoms. The monoisotopic (exact) mass is 934 g/mol. The van der Waals surface area contributed by atoms with Gasteiger partial charge in [0.25, 0.3) is 0 Å². The molecule has 0 bridgehead atoms. The van der Waals surface area contributed by atoms with Gasteiger partial charge >= 0.3 is 7.82 Å². The van der Waals surface area contributed by atoms with E-state index in [1.165, 1.54) is 31.4 Å². The fourth-order valence-electron chi connectivity index (χ4n) is 7.58. The molecule has 0 aliphatic carbocycles. The molecular weight excluding hydrogens is 864 g/mol. The van der Waals surface area contributed by atoms with Gasteiger partial charge in [-0.05, 0) is 63.4 Å². The summed E-state index contributed by atoms with van der Waals surface area (Å²) >= 11 is 0. The van der Waals surface area contributed by atoms with Gasteiger partial charge in [-0.3, -0.25) is 37.8 Å². The maximum Gasteiger partial charge on any atom is 0.472 e. The Morgan fingerprint density at radius 3 is 2.17 bits per heavy atom. The third-order valence-electron chi connectivity index (χ3n) is 11.0. The molecule has 2 unspecified atom stereocenters. The van der Waals surface area contributed by atoms with Crippen LogP contribution >= 0.6 is 7.82 Å². The minimum absolute atomic E-state index is 0.0786. The summed E-state index contributed by atoms with van der Waals surface area (Å²) in [6.07, 6.45) is 10.3. The predicted molar refractivity (Wildman–Crippen MR) is 240 cm³/mol. The number of aliphatic hydroxyl groups excluding tert-OH is 1. The second-order valence-corrected chi connectivity index (χ2v) is 18.3. The minimum Gasteiger partial charge on any atom is -0.394 e. The van der Waals surface area contributed by atoms with Gasteiger partial charge in [0.05, 0.1) is 25.6 Å². The number of carbonyl (C=O) groups excluding carboxylic acids is 6. The Labute approximate surface area is 382 Å². The number of hydrogen-bond acceptors (Lipinski definition) is 12. The molecule has 1 aromatic carbocycles. The lowest BCUT2D eigenvalue weighted by molar-refractivity contribution is -0.139. The molecule has 1 aliphatic rings. The summed E-state index contributed by atoms with van der Waals surface area (Å²) in [4.78, 5) is 95.9. The highest BCUT2D eigenvalue weighted by Crippen LogP contribution is 2.45. The van der Waals surface area contributed by atoms with Crippen molar-refractivity contribution >= 4 is 43.3 Å². The lowest BCUT2D eigenvalue weighted by Gasteiger charge is -2.28. The molecule has 20 nitrogen and oxygen atoms in total. The highest BCUT2D eigenvalue weighted by Gasteiger charge is 2.38. The molecule has 6 amide bonds. The van der Waals surface area contributed by atoms with Crippen LogP contribution in [0.1, 0.15) is 103 Å². The number of amides is 6. The first-order valence-electron chi connectivity index (χ1n) is 22.5. The van der Waals surface area contributed by atoms with Crippen molar-refractivity contribution in [1.82, 2.24) is 35.7 Å². The van der Waals surface area contributed by atoms with Crippen LogP contribution in [0.3, 0.4) is 0 Å². The number of likely N-dealkylation sites (tertiary alicyclic amines) is 1. The fourth-order valence-corrected chi connectivity index (χ4v) is 8.55. The van der Waals surface area contributed by atoms with Crippen LogP contribution in [0.4, 0.5) is 0 Å². The third kappa shape index (κ3) is 19.3. The Morgan fingerprint density at radius 1 is 0.877 bits per heavy atom. The number of imidazole rings is 1. The molecule has 7 atom stereocenters. The van der Waals surface area contributed by atoms with E-state index in [0.717, 1.165) is 44.9 Å². The topological polar surface area (TPSA) is 283 Å². The third-order valence-corrected chi connectivity index (χ3v) is 12.1. The standard InChI is InChI=1S/C44H71N8O12P/c1-30(2)25-35(48-44(59)38-20-15-22-52(38)32(4)54)41(56)47-36(26-34-27-46-29-51(34)21-14-9-7-6-8-11-17-33-18-12-10-13-19-33)42(57)49-37(28-53)43(58)50-39(40(45)55)31(3)64-65(60,61)63-24-16-23-62-5/h10,12-13,18-19,27,29-31,35-39,53H,6-9,11,14-17,20-26,28H2,1-5H3,(H2,45,55)(H,47,56)(H,48,59)(H,49,57)(H,50,58)(H,60,61)/t31-,35+,36+,37+,38+,39?/m1/s1. The van der Waals surface area contributed by atoms with E-state index in [1.54, 1.807) is 12.5 Å². The van der Waals surface area contributed by atoms with Gasteiger partial charge < -0.3 is 51.2 Å². The number of benzene rings is 1. The molecule has 21 heteroatoms. The molecule has 1 aromatic heterocycles. The number of primary amides is 1. The zero-order chi connectivity index (χ0) is 47.9. The van der Waals surface area contributed by atoms with Crippen molar-refractivity contribution in [1.29, 1.82) is 0 Å². The summed E-state index contributed by atoms with van der Waals surface area (Å²) < 4.78 is 29.2. The summed E-state index contributed by atoms with van der Waals surface area (Å²) in [5.41, 5.74) is 7.43. The van der Waals surface area contributed by atoms with E-state index in [2.05, 4.69) is 38.4 Å². The number of aryl methyl sites for hydroxylation is 2. The molecule has 8 N–H and O–H groups in total. The molecule has 0 saturated carbocycles. The van der Waals surface area contributed by atoms with Gasteiger partial charge in [0.2, 0.25) is 35.4 Å². The second-order valence-electron chi connectivity index (χ2n) is 16.9. The molecule has 65 heavy (non-hydrogen) atoms. The van der Waals surface area contributed by atoms with E-state index in [-0.39, 0.29) is 44.3 Å². The van der Waals surface area contributed by atoms with Gasteiger partial charge in [0.1, 0.15) is 30.2 Å². The fraction of sp³-hybridized carbons (Fsp3) is 0.659. The zero-order valence-corrected chi connectivity index (χ0v) is 39.3. The van der Waals surface area contributed by atoms with Crippen molar-refractivity contribution in [2.24, 2.45) is 11.7 Å². The number of phosphoric acid groups is 1. The molecule has 3 rings (SSSR count). The molecule has 0 radical (unpaired) electrons. The van der Waals surface area contributed by atoms with Crippen molar-refractivity contribution in [3.05, 3.63) is 54.1 Å². The van der Waals surface area contributed by atoms with Crippen molar-refractivity contribution in [2.45, 2.75) is 148 Å². The number of carbonyl (C=O) groups is 6. The molecule has 2 aromatic rings. The number of unbranched alkanes of at least 4 members (excludes halogenated alkanes) is 5. The summed E-state index contributed by atoms with van der Waals surface area (Å²) in [5.74, 6) is -4.68. The zero-order valence-electron chi connectivity index (χ0n) is 38.4. The van der Waals surface area contributed by atoms with Crippen molar-refractivity contribution in [2.75, 3.05) is 33.5 Å². The Morgan fingerprint density at radius 2 is 1.52 bits per heavy atom. The number of phosphoric ester groups is 1. The SMILES string of the molecule is COCCCOP(=O)(O)O[C@H](C)C(NC(=O)[C@H](CO)NC(=O)[C@H](Cc1cncn1CCCCCCCCc1ccccc1)NC(=O)[C@H](CC(C)C)NC(=O)[C@@H]1CCCN1C(C)=O)C(N)=O. The number of methoxy groups -OCH3 is 1. The Hall–Kier alpha value is -4.72. The van der Waals surface area contributed by atoms with Crippen LogP contribution < -0.4 is 27.0 Å². The lowest BCUT2D eigenvalue weighted by Crippen LogP contribution is -2.61. The average molecular weight is 935 g/mol. The number of rotatable bonds is 31. The summed E-state index contributed by atoms with van der Waals surface area (Å²) in [5, 5.41) is 20.5. The number of aliphatic hydroxyl groups is 1. The van der Waals surface area contributed by atoms with Gasteiger partial charge in [0, 0.05) is 52.0 Å². The molecule has 2 heterocycles. The van der Waals surface area contributed by atoms with Crippen molar-refractivity contribution in [3.8, 4) is 0 Å². The smallest absolute Gasteiger partial charge is 0.394 e. The Kier molecular flexibility index (Phi) is 23.8. The van der Waals surface area contributed by atoms with Crippen LogP contribution in [0, 0.1) is 5.92 Å². The number of nitrogens with zero attached hydrogens (tertiary/aromatic N) is 3. The molecule has 1 saturated heterocycles. The summed E-state index contributed by atoms with van der Waals surface area (Å²) in [6.45, 7) is 6.36. The van der Waals surface area contributed by atoms with Gasteiger partial charge in [-0.2, -0.15) is 0 Å². The first-order valence-corrected chi connectivity index (χ1v) is 24.0. The highest BCUT2D eigenvalue weighted by atomic mass is 31.2. The highest BCUT2D eigenvalue weighted by molar-refractivity contribution is 7.47. The van der Waals surface area contributed by atoms with Gasteiger partial charge in [-0.25, -0.2) is 9.55 Å². The predicted octanol–water partition coefficient (Wildman–Crippen LogP) is 2.04. The first-order chi connectivity index (χ1) is 31.0. The van der Waals surface area contributed by atoms with Crippen molar-refractivity contribution < 1.29 is 57.1 Å². The van der Waals surface area contributed by atoms with E-state index in [4.69, 9.17) is 19.5 Å². The second kappa shape index (κ2) is 28.3. The van der Waals surface area contributed by atoms with E-state index in [0.29, 0.717) is 31.6 Å². The molecular formula is C44H71N8O12P. The quantitative estimate of drug-likeness (QED) is 0.0422. The largest absolute Gasteiger partial charge is 0.472 e. The van der Waals surface area contributed by atoms with Gasteiger partial charge in [-0.15, -0.1) is 0 Å². The van der Waals surface area contributed by atoms with E-state index < -0.39 is 80.3 Å². The van der Waals surface area contributed by atoms with Gasteiger partial charge in [-0.1, -0.05) is 69.9 Å². The lowest BCUT2D eigenvalue weighted by atomic mass is 10.0. The van der Waals surface area contributed by atoms with Crippen LogP contribution in [-0.4, -0.2) is 130 Å². The number of ether oxygens (including phenoxy) is 1. The van der Waals surface area contributed by atoms with E-state index >= 15 is 0 Å². The number of nitrogens with two attached hydrogens (primary N) is 1. The molecule has 364 valence electrons. The number of nitrogens with one attached hydrogen (secondary N) is 4. The van der Waals surface area contributed by atoms with Crippen molar-refractivity contribution in [3.63, 3.8) is 0 Å². The van der Waals surface area contributed by atoms with Crippen LogP contribution in [-0.2, 0) is 66.5 Å². The Bertz CT molecular complexity index is 1870. The first kappa shape index (κ1) is 54.6. The normalized spacial score (nSPS) is 17.0. The average Bonchev–Trinajstić information content (AvgIpc) is 3.94. The molecule has 1 fully saturated rings. The van der Waals surface area contributed by atoms with E-state index in [9.17, 15) is 43.3 Å². The maximum atomic E-state index is 14.2. The minimum atomic E-state index is -4.73. The molecule has 1 aliphatic heterocycles. The van der Waals surface area contributed by atoms with Crippen LogP contribution in [0.2, 0.25) is 0 Å². The van der Waals surface area contributed by atoms with Crippen LogP contribution in [0.5, 0.6) is 0 Å². The maximum absolute atomic E-state index is 14.2. The number of aromatic nitrogens is 2. The number of hydrogen-bond donors (Lipinski definition) is 7.